The quantitative estimate of drug-likeness (QED) is 0.550. The van der Waals surface area contributed by atoms with Gasteiger partial charge in [-0.15, -0.1) is 0 Å². The van der Waals surface area contributed by atoms with E-state index >= 15 is 0 Å². The first-order valence-electron chi connectivity index (χ1n) is 11.5. The van der Waals surface area contributed by atoms with Gasteiger partial charge in [0.1, 0.15) is 6.61 Å². The Kier molecular flexibility index (Phi) is 7.30. The highest BCUT2D eigenvalue weighted by atomic mass is 16.7. The zero-order valence-electron chi connectivity index (χ0n) is 19.9. The summed E-state index contributed by atoms with van der Waals surface area (Å²) in [7, 11) is 3.33. The zero-order valence-corrected chi connectivity index (χ0v) is 19.9. The molecule has 2 atom stereocenters. The summed E-state index contributed by atoms with van der Waals surface area (Å²) in [6, 6.07) is 8.36. The van der Waals surface area contributed by atoms with Crippen LogP contribution in [0.4, 0.5) is 0 Å². The van der Waals surface area contributed by atoms with E-state index in [1.54, 1.807) is 14.2 Å². The van der Waals surface area contributed by atoms with Crippen LogP contribution in [0.3, 0.4) is 0 Å². The second kappa shape index (κ2) is 10.4. The highest BCUT2D eigenvalue weighted by Gasteiger charge is 2.32. The maximum absolute atomic E-state index is 6.16. The molecule has 0 bridgehead atoms. The van der Waals surface area contributed by atoms with E-state index in [2.05, 4.69) is 36.5 Å². The van der Waals surface area contributed by atoms with Crippen LogP contribution in [0.1, 0.15) is 54.6 Å². The summed E-state index contributed by atoms with van der Waals surface area (Å²) < 4.78 is 28.6. The van der Waals surface area contributed by atoms with Crippen molar-refractivity contribution in [2.45, 2.75) is 45.2 Å². The summed E-state index contributed by atoms with van der Waals surface area (Å²) in [5.74, 6) is 3.99. The van der Waals surface area contributed by atoms with Crippen LogP contribution < -0.4 is 30.0 Å². The molecule has 7 heteroatoms. The molecule has 33 heavy (non-hydrogen) atoms. The Morgan fingerprint density at radius 1 is 1.09 bits per heavy atom. The smallest absolute Gasteiger partial charge is 0.231 e. The molecule has 2 aliphatic rings. The van der Waals surface area contributed by atoms with E-state index in [1.165, 1.54) is 16.7 Å². The van der Waals surface area contributed by atoms with Gasteiger partial charge in [0.25, 0.3) is 0 Å². The molecular weight excluding hydrogens is 420 g/mol. The van der Waals surface area contributed by atoms with Gasteiger partial charge in [-0.25, -0.2) is 0 Å². The van der Waals surface area contributed by atoms with Crippen molar-refractivity contribution in [1.82, 2.24) is 5.32 Å². The number of allylic oxidation sites excluding steroid dienone is 2. The summed E-state index contributed by atoms with van der Waals surface area (Å²) in [6.07, 6.45) is 4.44. The predicted octanol–water partition coefficient (Wildman–Crippen LogP) is 4.19. The summed E-state index contributed by atoms with van der Waals surface area (Å²) >= 11 is 0. The minimum atomic E-state index is -0.0174. The molecule has 2 aromatic carbocycles. The van der Waals surface area contributed by atoms with Crippen LogP contribution in [-0.2, 0) is 17.6 Å². The lowest BCUT2D eigenvalue weighted by Gasteiger charge is -2.35. The maximum Gasteiger partial charge on any atom is 0.231 e. The first kappa shape index (κ1) is 23.3. The Labute approximate surface area is 195 Å². The Balaban J connectivity index is 1.73. The fourth-order valence-electron chi connectivity index (χ4n) is 4.66. The number of ether oxygens (including phenoxy) is 5. The average molecular weight is 455 g/mol. The number of hydrogen-bond acceptors (Lipinski definition) is 7. The van der Waals surface area contributed by atoms with Gasteiger partial charge in [-0.05, 0) is 78.9 Å². The number of benzene rings is 2. The van der Waals surface area contributed by atoms with Crippen LogP contribution in [0.5, 0.6) is 23.0 Å². The number of rotatable bonds is 9. The number of nitrogens with one attached hydrogen (secondary N) is 1. The van der Waals surface area contributed by atoms with Crippen LogP contribution in [0.15, 0.2) is 36.1 Å². The number of hydrogen-bond donors (Lipinski definition) is 2. The molecule has 0 spiro atoms. The molecule has 0 radical (unpaired) electrons. The van der Waals surface area contributed by atoms with Gasteiger partial charge in [0.05, 0.1) is 26.0 Å². The summed E-state index contributed by atoms with van der Waals surface area (Å²) in [5.41, 5.74) is 10.7. The highest BCUT2D eigenvalue weighted by Crippen LogP contribution is 2.43. The molecule has 2 aliphatic heterocycles. The van der Waals surface area contributed by atoms with E-state index in [-0.39, 0.29) is 18.9 Å². The molecule has 0 amide bonds. The molecule has 0 saturated heterocycles. The third kappa shape index (κ3) is 4.75. The molecule has 2 unspecified atom stereocenters. The summed E-state index contributed by atoms with van der Waals surface area (Å²) in [5, 5.41) is 3.82. The standard InChI is InChI=1S/C26H34N2O5/c1-5-18(6-2)31-14-22-20-12-24(30-4)23(29-3)11-17(20)9-21(28-22)19-13-26-25(32-15-33-26)10-16(19)7-8-27/h5,10-13,21-22,28H,6-9,14-15,27H2,1-4H3. The molecule has 2 heterocycles. The second-order valence-electron chi connectivity index (χ2n) is 8.24. The van der Waals surface area contributed by atoms with E-state index in [0.29, 0.717) is 13.2 Å². The molecule has 0 aromatic heterocycles. The minimum absolute atomic E-state index is 0.0174. The van der Waals surface area contributed by atoms with Crippen LogP contribution in [-0.4, -0.2) is 34.2 Å². The first-order chi connectivity index (χ1) is 16.1. The van der Waals surface area contributed by atoms with Gasteiger partial charge in [0.15, 0.2) is 23.0 Å². The zero-order chi connectivity index (χ0) is 23.4. The van der Waals surface area contributed by atoms with Crippen molar-refractivity contribution in [3.8, 4) is 23.0 Å². The van der Waals surface area contributed by atoms with Gasteiger partial charge in [0.2, 0.25) is 6.79 Å². The van der Waals surface area contributed by atoms with Crippen molar-refractivity contribution in [2.24, 2.45) is 5.73 Å². The molecule has 7 nitrogen and oxygen atoms in total. The Morgan fingerprint density at radius 2 is 1.82 bits per heavy atom. The minimum Gasteiger partial charge on any atom is -0.496 e. The van der Waals surface area contributed by atoms with E-state index in [4.69, 9.17) is 29.4 Å². The van der Waals surface area contributed by atoms with Crippen LogP contribution in [0, 0.1) is 0 Å². The lowest BCUT2D eigenvalue weighted by Crippen LogP contribution is -2.36. The molecule has 2 aromatic rings. The van der Waals surface area contributed by atoms with Crippen molar-refractivity contribution in [2.75, 3.05) is 34.2 Å². The van der Waals surface area contributed by atoms with Crippen LogP contribution >= 0.6 is 0 Å². The van der Waals surface area contributed by atoms with Gasteiger partial charge in [-0.2, -0.15) is 0 Å². The monoisotopic (exact) mass is 454 g/mol. The van der Waals surface area contributed by atoms with Gasteiger partial charge >= 0.3 is 0 Å². The second-order valence-corrected chi connectivity index (χ2v) is 8.24. The fraction of sp³-hybridized carbons (Fsp3) is 0.462. The van der Waals surface area contributed by atoms with Crippen molar-refractivity contribution < 1.29 is 23.7 Å². The molecule has 4 rings (SSSR count). The van der Waals surface area contributed by atoms with Gasteiger partial charge in [-0.1, -0.05) is 6.92 Å². The molecule has 0 fully saturated rings. The van der Waals surface area contributed by atoms with E-state index in [0.717, 1.165) is 53.6 Å². The number of fused-ring (bicyclic) bond motifs is 2. The van der Waals surface area contributed by atoms with E-state index in [1.807, 2.05) is 13.0 Å². The van der Waals surface area contributed by atoms with Gasteiger partial charge < -0.3 is 29.4 Å². The van der Waals surface area contributed by atoms with E-state index in [9.17, 15) is 0 Å². The topological polar surface area (TPSA) is 84.2 Å². The van der Waals surface area contributed by atoms with Crippen LogP contribution in [0.25, 0.3) is 0 Å². The van der Waals surface area contributed by atoms with Crippen molar-refractivity contribution in [3.63, 3.8) is 0 Å². The first-order valence-corrected chi connectivity index (χ1v) is 11.5. The van der Waals surface area contributed by atoms with Crippen LogP contribution in [0.2, 0.25) is 0 Å². The fourth-order valence-corrected chi connectivity index (χ4v) is 4.66. The average Bonchev–Trinajstić information content (AvgIpc) is 3.30. The van der Waals surface area contributed by atoms with Gasteiger partial charge in [0, 0.05) is 12.5 Å². The van der Waals surface area contributed by atoms with Crippen molar-refractivity contribution in [3.05, 3.63) is 58.4 Å². The Morgan fingerprint density at radius 3 is 2.48 bits per heavy atom. The molecule has 178 valence electrons. The summed E-state index contributed by atoms with van der Waals surface area (Å²) in [4.78, 5) is 0. The predicted molar refractivity (Wildman–Crippen MR) is 127 cm³/mol. The number of nitrogens with two attached hydrogens (primary N) is 1. The molecule has 0 saturated carbocycles. The normalized spacial score (nSPS) is 19.2. The number of methoxy groups -OCH3 is 2. The highest BCUT2D eigenvalue weighted by molar-refractivity contribution is 5.53. The van der Waals surface area contributed by atoms with E-state index < -0.39 is 0 Å². The Bertz CT molecular complexity index is 1020. The lowest BCUT2D eigenvalue weighted by atomic mass is 9.85. The Hall–Kier alpha value is -2.90. The molecule has 0 aliphatic carbocycles. The molecule has 3 N–H and O–H groups in total. The maximum atomic E-state index is 6.16. The van der Waals surface area contributed by atoms with Crippen molar-refractivity contribution in [1.29, 1.82) is 0 Å². The third-order valence-corrected chi connectivity index (χ3v) is 6.38. The molecular formula is C26H34N2O5. The van der Waals surface area contributed by atoms with Gasteiger partial charge in [-0.3, -0.25) is 5.32 Å². The SMILES string of the molecule is CC=C(CC)OCC1NC(c2cc3c(cc2CCN)OCO3)Cc2cc(OC)c(OC)cc21. The third-order valence-electron chi connectivity index (χ3n) is 6.38. The lowest BCUT2D eigenvalue weighted by molar-refractivity contribution is 0.161. The summed E-state index contributed by atoms with van der Waals surface area (Å²) in [6.45, 7) is 5.43. The van der Waals surface area contributed by atoms with Crippen molar-refractivity contribution >= 4 is 0 Å². The largest absolute Gasteiger partial charge is 0.496 e.